The molecule has 2 aliphatic heterocycles. The highest BCUT2D eigenvalue weighted by atomic mass is 32.2. The molecule has 0 saturated carbocycles. The Labute approximate surface area is 141 Å². The van der Waals surface area contributed by atoms with Crippen LogP contribution in [0.5, 0.6) is 0 Å². The molecule has 0 aromatic heterocycles. The molecule has 1 fully saturated rings. The molecule has 1 aromatic rings. The van der Waals surface area contributed by atoms with Crippen molar-refractivity contribution in [3.63, 3.8) is 0 Å². The Kier molecular flexibility index (Phi) is 4.92. The van der Waals surface area contributed by atoms with Gasteiger partial charge in [0.15, 0.2) is 0 Å². The van der Waals surface area contributed by atoms with Crippen LogP contribution in [0.25, 0.3) is 0 Å². The van der Waals surface area contributed by atoms with E-state index in [1.54, 1.807) is 16.7 Å². The molecule has 0 bridgehead atoms. The van der Waals surface area contributed by atoms with E-state index in [9.17, 15) is 9.59 Å². The highest BCUT2D eigenvalue weighted by molar-refractivity contribution is 8.00. The average Bonchev–Trinajstić information content (AvgIpc) is 2.95. The van der Waals surface area contributed by atoms with Crippen LogP contribution < -0.4 is 10.6 Å². The SMILES string of the molecule is CC1CC(CN)CN1C(=O)CCN1C(=O)CSc2ccccc21. The summed E-state index contributed by atoms with van der Waals surface area (Å²) in [7, 11) is 0. The number of benzene rings is 1. The number of nitrogens with two attached hydrogens (primary N) is 1. The van der Waals surface area contributed by atoms with E-state index >= 15 is 0 Å². The molecule has 2 heterocycles. The highest BCUT2D eigenvalue weighted by Gasteiger charge is 2.32. The van der Waals surface area contributed by atoms with E-state index in [0.717, 1.165) is 23.5 Å². The summed E-state index contributed by atoms with van der Waals surface area (Å²) in [5, 5.41) is 0. The van der Waals surface area contributed by atoms with E-state index in [2.05, 4.69) is 6.92 Å². The lowest BCUT2D eigenvalue weighted by Crippen LogP contribution is -2.40. The monoisotopic (exact) mass is 333 g/mol. The van der Waals surface area contributed by atoms with Gasteiger partial charge in [0.2, 0.25) is 11.8 Å². The number of hydrogen-bond acceptors (Lipinski definition) is 4. The summed E-state index contributed by atoms with van der Waals surface area (Å²) in [5.74, 6) is 1.05. The largest absolute Gasteiger partial charge is 0.340 e. The molecule has 6 heteroatoms. The number of para-hydroxylation sites is 1. The minimum absolute atomic E-state index is 0.0794. The van der Waals surface area contributed by atoms with Crippen LogP contribution in [0.15, 0.2) is 29.2 Å². The standard InChI is InChI=1S/C17H23N3O2S/c1-12-8-13(9-18)10-20(12)16(21)6-7-19-14-4-2-3-5-15(14)23-11-17(19)22/h2-5,12-13H,6-11,18H2,1H3. The number of carbonyl (C=O) groups excluding carboxylic acids is 2. The zero-order valence-corrected chi connectivity index (χ0v) is 14.2. The maximum atomic E-state index is 12.5. The fourth-order valence-electron chi connectivity index (χ4n) is 3.41. The van der Waals surface area contributed by atoms with Gasteiger partial charge < -0.3 is 15.5 Å². The van der Waals surface area contributed by atoms with Gasteiger partial charge in [0.1, 0.15) is 0 Å². The van der Waals surface area contributed by atoms with Crippen molar-refractivity contribution in [2.24, 2.45) is 11.7 Å². The number of carbonyl (C=O) groups is 2. The second-order valence-corrected chi connectivity index (χ2v) is 7.30. The fraction of sp³-hybridized carbons (Fsp3) is 0.529. The average molecular weight is 333 g/mol. The summed E-state index contributed by atoms with van der Waals surface area (Å²) in [6.07, 6.45) is 1.34. The van der Waals surface area contributed by atoms with Gasteiger partial charge in [-0.25, -0.2) is 0 Å². The zero-order valence-electron chi connectivity index (χ0n) is 13.4. The molecule has 0 radical (unpaired) electrons. The number of amides is 2. The Morgan fingerprint density at radius 2 is 2.17 bits per heavy atom. The van der Waals surface area contributed by atoms with Crippen molar-refractivity contribution in [2.45, 2.75) is 30.7 Å². The number of nitrogens with zero attached hydrogens (tertiary/aromatic N) is 2. The van der Waals surface area contributed by atoms with Crippen LogP contribution in [0.4, 0.5) is 5.69 Å². The van der Waals surface area contributed by atoms with Gasteiger partial charge in [-0.1, -0.05) is 12.1 Å². The highest BCUT2D eigenvalue weighted by Crippen LogP contribution is 2.35. The van der Waals surface area contributed by atoms with Crippen molar-refractivity contribution in [1.82, 2.24) is 4.90 Å². The van der Waals surface area contributed by atoms with E-state index in [-0.39, 0.29) is 17.9 Å². The first-order valence-corrected chi connectivity index (χ1v) is 9.10. The smallest absolute Gasteiger partial charge is 0.237 e. The second-order valence-electron chi connectivity index (χ2n) is 6.28. The van der Waals surface area contributed by atoms with E-state index in [1.165, 1.54) is 0 Å². The second kappa shape index (κ2) is 6.93. The van der Waals surface area contributed by atoms with Crippen molar-refractivity contribution in [1.29, 1.82) is 0 Å². The van der Waals surface area contributed by atoms with Gasteiger partial charge >= 0.3 is 0 Å². The number of rotatable bonds is 4. The van der Waals surface area contributed by atoms with E-state index in [1.807, 2.05) is 29.2 Å². The maximum Gasteiger partial charge on any atom is 0.237 e. The van der Waals surface area contributed by atoms with E-state index < -0.39 is 0 Å². The van der Waals surface area contributed by atoms with Gasteiger partial charge in [-0.15, -0.1) is 11.8 Å². The lowest BCUT2D eigenvalue weighted by molar-refractivity contribution is -0.131. The first-order chi connectivity index (χ1) is 11.1. The summed E-state index contributed by atoms with van der Waals surface area (Å²) < 4.78 is 0. The summed E-state index contributed by atoms with van der Waals surface area (Å²) in [5.41, 5.74) is 6.65. The van der Waals surface area contributed by atoms with Gasteiger partial charge in [-0.2, -0.15) is 0 Å². The third-order valence-corrected chi connectivity index (χ3v) is 5.72. The molecule has 1 saturated heterocycles. The molecule has 2 N–H and O–H groups in total. The van der Waals surface area contributed by atoms with E-state index in [4.69, 9.17) is 5.73 Å². The Morgan fingerprint density at radius 3 is 2.91 bits per heavy atom. The van der Waals surface area contributed by atoms with Crippen molar-refractivity contribution < 1.29 is 9.59 Å². The van der Waals surface area contributed by atoms with Crippen molar-refractivity contribution in [3.05, 3.63) is 24.3 Å². The lowest BCUT2D eigenvalue weighted by Gasteiger charge is -2.30. The predicted molar refractivity (Wildman–Crippen MR) is 92.5 cm³/mol. The normalized spacial score (nSPS) is 24.0. The minimum Gasteiger partial charge on any atom is -0.340 e. The van der Waals surface area contributed by atoms with E-state index in [0.29, 0.717) is 31.2 Å². The molecule has 0 spiro atoms. The molecule has 2 unspecified atom stereocenters. The third-order valence-electron chi connectivity index (χ3n) is 4.67. The van der Waals surface area contributed by atoms with Crippen LogP contribution in [-0.2, 0) is 9.59 Å². The number of thioether (sulfide) groups is 1. The Hall–Kier alpha value is -1.53. The molecule has 1 aromatic carbocycles. The molecule has 2 amide bonds. The van der Waals surface area contributed by atoms with Crippen LogP contribution in [0.3, 0.4) is 0 Å². The Morgan fingerprint density at radius 1 is 1.39 bits per heavy atom. The molecule has 0 aliphatic carbocycles. The molecule has 2 aliphatic rings. The van der Waals surface area contributed by atoms with Gasteiger partial charge in [0, 0.05) is 30.4 Å². The number of anilines is 1. The Bertz CT molecular complexity index is 607. The molecule has 2 atom stereocenters. The molecule has 124 valence electrons. The summed E-state index contributed by atoms with van der Waals surface area (Å²) >= 11 is 1.56. The number of likely N-dealkylation sites (tertiary alicyclic amines) is 1. The van der Waals surface area contributed by atoms with Crippen molar-refractivity contribution in [3.8, 4) is 0 Å². The lowest BCUT2D eigenvalue weighted by atomic mass is 10.1. The minimum atomic E-state index is 0.0794. The summed E-state index contributed by atoms with van der Waals surface area (Å²) in [4.78, 5) is 29.5. The quantitative estimate of drug-likeness (QED) is 0.911. The van der Waals surface area contributed by atoms with Gasteiger partial charge in [0.25, 0.3) is 0 Å². The van der Waals surface area contributed by atoms with Gasteiger partial charge in [-0.05, 0) is 37.9 Å². The summed E-state index contributed by atoms with van der Waals surface area (Å²) in [6.45, 7) is 3.90. The summed E-state index contributed by atoms with van der Waals surface area (Å²) in [6, 6.07) is 8.13. The molecular weight excluding hydrogens is 310 g/mol. The topological polar surface area (TPSA) is 66.6 Å². The maximum absolute atomic E-state index is 12.5. The van der Waals surface area contributed by atoms with Crippen LogP contribution >= 0.6 is 11.8 Å². The van der Waals surface area contributed by atoms with Gasteiger partial charge in [-0.3, -0.25) is 9.59 Å². The van der Waals surface area contributed by atoms with Crippen molar-refractivity contribution >= 4 is 29.3 Å². The van der Waals surface area contributed by atoms with Crippen LogP contribution in [-0.4, -0.2) is 48.1 Å². The van der Waals surface area contributed by atoms with Gasteiger partial charge in [0.05, 0.1) is 11.4 Å². The number of hydrogen-bond donors (Lipinski definition) is 1. The van der Waals surface area contributed by atoms with Crippen molar-refractivity contribution in [2.75, 3.05) is 30.3 Å². The van der Waals surface area contributed by atoms with Crippen LogP contribution in [0.2, 0.25) is 0 Å². The fourth-order valence-corrected chi connectivity index (χ4v) is 4.35. The molecule has 5 nitrogen and oxygen atoms in total. The number of fused-ring (bicyclic) bond motifs is 1. The molecule has 23 heavy (non-hydrogen) atoms. The third kappa shape index (κ3) is 3.38. The predicted octanol–water partition coefficient (Wildman–Crippen LogP) is 1.71. The first-order valence-electron chi connectivity index (χ1n) is 8.12. The molecule has 3 rings (SSSR count). The van der Waals surface area contributed by atoms with Crippen LogP contribution in [0, 0.1) is 5.92 Å². The Balaban J connectivity index is 1.64. The van der Waals surface area contributed by atoms with Crippen LogP contribution in [0.1, 0.15) is 19.8 Å². The first kappa shape index (κ1) is 16.3. The zero-order chi connectivity index (χ0) is 16.4. The molecular formula is C17H23N3O2S.